The standard InChI is InChI=1S/CHCl3/c2-1(3)4/h1H/p+1. The van der Waals surface area contributed by atoms with Crippen molar-refractivity contribution in [3.8, 4) is 0 Å². The predicted molar refractivity (Wildman–Crippen MR) is 22.5 cm³/mol. The second kappa shape index (κ2) is 2.13. The summed E-state index contributed by atoms with van der Waals surface area (Å²) in [6, 6.07) is 0. The van der Waals surface area contributed by atoms with Crippen molar-refractivity contribution in [2.45, 2.75) is 4.30 Å². The van der Waals surface area contributed by atoms with Crippen LogP contribution in [0, 0.1) is 0 Å². The average Bonchev–Trinajstić information content (AvgIpc) is 0.811. The van der Waals surface area contributed by atoms with E-state index >= 15 is 0 Å². The Hall–Kier alpha value is 0.870. The monoisotopic (exact) mass is 119 g/mol. The molecular formula is CH2Cl3+. The van der Waals surface area contributed by atoms with Crippen molar-refractivity contribution in [1.29, 1.82) is 0 Å². The van der Waals surface area contributed by atoms with Gasteiger partial charge in [-0.3, -0.25) is 0 Å². The molecule has 0 nitrogen and oxygen atoms in total. The van der Waals surface area contributed by atoms with E-state index in [-0.39, 0.29) is 1.43 Å². The average molecular weight is 120 g/mol. The Bertz CT molecular complexity index is 11.6. The molecule has 0 aliphatic rings. The summed E-state index contributed by atoms with van der Waals surface area (Å²) in [7, 11) is 0. The maximum absolute atomic E-state index is 4.81. The van der Waals surface area contributed by atoms with Gasteiger partial charge in [0.25, 0.3) is 0 Å². The lowest BCUT2D eigenvalue weighted by Crippen LogP contribution is -1.55. The molecule has 0 aliphatic carbocycles. The zero-order chi connectivity index (χ0) is 3.58. The van der Waals surface area contributed by atoms with Gasteiger partial charge < -0.3 is 0 Å². The minimum atomic E-state index is -0.750. The molecule has 0 aliphatic heterocycles. The molecule has 0 aromatic rings. The zero-order valence-electron chi connectivity index (χ0n) is 2.71. The summed E-state index contributed by atoms with van der Waals surface area (Å²) in [4.78, 5) is 0. The number of hydrogen-bond donors (Lipinski definition) is 0. The van der Waals surface area contributed by atoms with Gasteiger partial charge in [0, 0.05) is 0 Å². The van der Waals surface area contributed by atoms with Crippen molar-refractivity contribution in [2.75, 3.05) is 0 Å². The lowest BCUT2D eigenvalue weighted by Gasteiger charge is -1.69. The van der Waals surface area contributed by atoms with E-state index in [1.807, 2.05) is 0 Å². The van der Waals surface area contributed by atoms with Crippen molar-refractivity contribution >= 4 is 34.8 Å². The molecule has 0 N–H and O–H groups in total. The fourth-order valence-corrected chi connectivity index (χ4v) is 0. The quantitative estimate of drug-likeness (QED) is 0.430. The number of alkyl halides is 3. The summed E-state index contributed by atoms with van der Waals surface area (Å²) in [6.07, 6.45) is 0. The summed E-state index contributed by atoms with van der Waals surface area (Å²) in [6.45, 7) is 0. The van der Waals surface area contributed by atoms with Crippen LogP contribution in [0.4, 0.5) is 0 Å². The smallest absolute Gasteiger partial charge is 0.0874 e. The topological polar surface area (TPSA) is 0 Å². The Balaban J connectivity index is 0. The zero-order valence-corrected chi connectivity index (χ0v) is 3.98. The minimum Gasteiger partial charge on any atom is -0.0874 e. The van der Waals surface area contributed by atoms with Crippen molar-refractivity contribution in [3.63, 3.8) is 0 Å². The van der Waals surface area contributed by atoms with Crippen LogP contribution in [0.1, 0.15) is 1.43 Å². The molecule has 0 amide bonds. The molecule has 3 heteroatoms. The Morgan fingerprint density at radius 1 is 1.25 bits per heavy atom. The van der Waals surface area contributed by atoms with Gasteiger partial charge in [-0.05, 0) is 0 Å². The first-order valence-corrected chi connectivity index (χ1v) is 1.96. The third-order valence-electron chi connectivity index (χ3n) is 0. The Labute approximate surface area is 41.1 Å². The molecule has 0 heterocycles. The summed E-state index contributed by atoms with van der Waals surface area (Å²) in [5.41, 5.74) is 0. The van der Waals surface area contributed by atoms with E-state index in [9.17, 15) is 0 Å². The lowest BCUT2D eigenvalue weighted by atomic mass is 11.9. The Morgan fingerprint density at radius 3 is 1.25 bits per heavy atom. The SMILES string of the molecule is ClC(Cl)Cl.[H+]. The van der Waals surface area contributed by atoms with E-state index in [0.29, 0.717) is 0 Å². The van der Waals surface area contributed by atoms with E-state index in [2.05, 4.69) is 0 Å². The first-order valence-electron chi connectivity index (χ1n) is 0.655. The molecule has 0 aromatic heterocycles. The molecule has 0 unspecified atom stereocenters. The molecule has 0 radical (unpaired) electrons. The molecule has 0 spiro atoms. The van der Waals surface area contributed by atoms with Crippen molar-refractivity contribution in [3.05, 3.63) is 0 Å². The number of halogens is 3. The van der Waals surface area contributed by atoms with Gasteiger partial charge in [0.2, 0.25) is 0 Å². The first kappa shape index (κ1) is 4.87. The van der Waals surface area contributed by atoms with E-state index in [1.54, 1.807) is 0 Å². The molecule has 0 bridgehead atoms. The van der Waals surface area contributed by atoms with Gasteiger partial charge in [0.15, 0.2) is 4.30 Å². The fraction of sp³-hybridized carbons (Fsp3) is 1.00. The number of rotatable bonds is 0. The highest BCUT2D eigenvalue weighted by Gasteiger charge is 1.78. The fourth-order valence-electron chi connectivity index (χ4n) is 0. The van der Waals surface area contributed by atoms with Crippen LogP contribution in [0.15, 0.2) is 0 Å². The predicted octanol–water partition coefficient (Wildman–Crippen LogP) is 2.10. The van der Waals surface area contributed by atoms with Gasteiger partial charge >= 0.3 is 1.43 Å². The van der Waals surface area contributed by atoms with Crippen molar-refractivity contribution < 1.29 is 1.43 Å². The van der Waals surface area contributed by atoms with Crippen LogP contribution >= 0.6 is 34.8 Å². The van der Waals surface area contributed by atoms with Gasteiger partial charge in [-0.2, -0.15) is 0 Å². The molecule has 0 saturated carbocycles. The summed E-state index contributed by atoms with van der Waals surface area (Å²) in [5, 5.41) is 0. The van der Waals surface area contributed by atoms with Gasteiger partial charge in [-0.1, -0.05) is 34.8 Å². The second-order valence-electron chi connectivity index (χ2n) is 0.247. The largest absolute Gasteiger partial charge is 1.00 e. The molecule has 0 aromatic carbocycles. The number of hydrogen-bond acceptors (Lipinski definition) is 0. The van der Waals surface area contributed by atoms with Crippen molar-refractivity contribution in [1.82, 2.24) is 0 Å². The van der Waals surface area contributed by atoms with Crippen LogP contribution in [0.5, 0.6) is 0 Å². The molecular weight excluding hydrogens is 118 g/mol. The van der Waals surface area contributed by atoms with Gasteiger partial charge in [0.05, 0.1) is 0 Å². The molecule has 0 atom stereocenters. The van der Waals surface area contributed by atoms with Gasteiger partial charge in [-0.25, -0.2) is 0 Å². The molecule has 0 fully saturated rings. The van der Waals surface area contributed by atoms with Crippen LogP contribution in [0.3, 0.4) is 0 Å². The highest BCUT2D eigenvalue weighted by molar-refractivity contribution is 6.63. The Kier molecular flexibility index (Phi) is 2.59. The van der Waals surface area contributed by atoms with E-state index in [0.717, 1.165) is 0 Å². The van der Waals surface area contributed by atoms with Crippen LogP contribution < -0.4 is 0 Å². The minimum absolute atomic E-state index is 0. The van der Waals surface area contributed by atoms with Gasteiger partial charge in [-0.15, -0.1) is 0 Å². The lowest BCUT2D eigenvalue weighted by molar-refractivity contribution is 1.96. The van der Waals surface area contributed by atoms with Crippen LogP contribution in [0.2, 0.25) is 0 Å². The molecule has 0 saturated heterocycles. The molecule has 26 valence electrons. The Morgan fingerprint density at radius 2 is 1.25 bits per heavy atom. The van der Waals surface area contributed by atoms with Crippen molar-refractivity contribution in [2.24, 2.45) is 0 Å². The second-order valence-corrected chi connectivity index (χ2v) is 2.23. The molecule has 4 heavy (non-hydrogen) atoms. The molecule has 0 rings (SSSR count). The first-order chi connectivity index (χ1) is 1.73. The summed E-state index contributed by atoms with van der Waals surface area (Å²) >= 11 is 14.4. The third kappa shape index (κ3) is 13.3. The van der Waals surface area contributed by atoms with Gasteiger partial charge in [0.1, 0.15) is 0 Å². The normalized spacial score (nSPS) is 9.00. The maximum Gasteiger partial charge on any atom is 1.00 e. The van der Waals surface area contributed by atoms with E-state index < -0.39 is 4.30 Å². The summed E-state index contributed by atoms with van der Waals surface area (Å²) in [5.74, 6) is 0. The summed E-state index contributed by atoms with van der Waals surface area (Å²) < 4.78 is -0.750. The third-order valence-corrected chi connectivity index (χ3v) is 0. The van der Waals surface area contributed by atoms with E-state index in [4.69, 9.17) is 34.8 Å². The van der Waals surface area contributed by atoms with Crippen LogP contribution in [0.25, 0.3) is 0 Å². The highest BCUT2D eigenvalue weighted by Crippen LogP contribution is 2.03. The highest BCUT2D eigenvalue weighted by atomic mass is 35.6. The maximum atomic E-state index is 4.81. The van der Waals surface area contributed by atoms with Crippen LogP contribution in [-0.2, 0) is 0 Å². The van der Waals surface area contributed by atoms with E-state index in [1.165, 1.54) is 0 Å². The van der Waals surface area contributed by atoms with Crippen LogP contribution in [-0.4, -0.2) is 4.30 Å².